The molecule has 2 heterocycles. The minimum absolute atomic E-state index is 0.0385. The van der Waals surface area contributed by atoms with Crippen LogP contribution in [0.5, 0.6) is 0 Å². The molecule has 1 aromatic rings. The van der Waals surface area contributed by atoms with E-state index < -0.39 is 9.84 Å². The van der Waals surface area contributed by atoms with Crippen molar-refractivity contribution in [3.05, 3.63) is 18.5 Å². The lowest BCUT2D eigenvalue weighted by molar-refractivity contribution is -0.120. The molecule has 0 aromatic carbocycles. The van der Waals surface area contributed by atoms with E-state index in [1.807, 2.05) is 0 Å². The average Bonchev–Trinajstić information content (AvgIpc) is 3.02. The monoisotopic (exact) mass is 345 g/mol. The molecule has 2 atom stereocenters. The molecule has 0 unspecified atom stereocenters. The van der Waals surface area contributed by atoms with Gasteiger partial charge in [0.2, 0.25) is 11.8 Å². The van der Waals surface area contributed by atoms with Crippen LogP contribution in [0, 0.1) is 5.92 Å². The second kappa shape index (κ2) is 7.28. The quantitative estimate of drug-likeness (QED) is 0.577. The molecule has 1 N–H and O–H groups in total. The van der Waals surface area contributed by atoms with Crippen LogP contribution in [-0.4, -0.2) is 47.8 Å². The maximum absolute atomic E-state index is 11.7. The molecule has 2 rings (SSSR count). The second-order valence-corrected chi connectivity index (χ2v) is 8.75. The molecule has 1 saturated heterocycles. The summed E-state index contributed by atoms with van der Waals surface area (Å²) in [5.41, 5.74) is 0. The molecule has 1 aliphatic rings. The Labute approximate surface area is 133 Å². The van der Waals surface area contributed by atoms with Gasteiger partial charge in [0.15, 0.2) is 9.84 Å². The van der Waals surface area contributed by atoms with Crippen LogP contribution in [0.4, 0.5) is 0 Å². The van der Waals surface area contributed by atoms with Crippen molar-refractivity contribution in [1.29, 1.82) is 0 Å². The van der Waals surface area contributed by atoms with Gasteiger partial charge in [0.25, 0.3) is 5.22 Å². The maximum atomic E-state index is 11.7. The molecule has 1 fully saturated rings. The topological polar surface area (TPSA) is 102 Å². The number of hydrogen-bond acceptors (Lipinski definition) is 7. The van der Waals surface area contributed by atoms with Crippen molar-refractivity contribution >= 4 is 27.5 Å². The smallest absolute Gasteiger partial charge is 0.277 e. The molecule has 0 saturated carbocycles. The van der Waals surface area contributed by atoms with Crippen molar-refractivity contribution in [2.75, 3.05) is 18.1 Å². The number of sulfone groups is 1. The molecule has 9 heteroatoms. The summed E-state index contributed by atoms with van der Waals surface area (Å²) in [5, 5.41) is 10.5. The summed E-state index contributed by atoms with van der Waals surface area (Å²) in [6, 6.07) is 0. The molecule has 0 spiro atoms. The number of carbonyl (C=O) groups excluding carboxylic acids is 1. The molecular weight excluding hydrogens is 326 g/mol. The summed E-state index contributed by atoms with van der Waals surface area (Å²) in [7, 11) is -2.90. The largest absolute Gasteiger partial charge is 0.416 e. The summed E-state index contributed by atoms with van der Waals surface area (Å²) in [6.07, 6.45) is 2.70. The predicted molar refractivity (Wildman–Crippen MR) is 83.3 cm³/mol. The fourth-order valence-corrected chi connectivity index (χ4v) is 4.76. The van der Waals surface area contributed by atoms with Crippen molar-refractivity contribution in [3.63, 3.8) is 0 Å². The molecule has 22 heavy (non-hydrogen) atoms. The molecule has 1 aromatic heterocycles. The van der Waals surface area contributed by atoms with Crippen molar-refractivity contribution in [2.45, 2.75) is 30.2 Å². The first-order valence-corrected chi connectivity index (χ1v) is 9.68. The zero-order valence-corrected chi connectivity index (χ0v) is 14.0. The summed E-state index contributed by atoms with van der Waals surface area (Å²) in [6.45, 7) is 5.69. The Hall–Kier alpha value is -1.35. The maximum Gasteiger partial charge on any atom is 0.277 e. The van der Waals surface area contributed by atoms with E-state index in [0.717, 1.165) is 0 Å². The van der Waals surface area contributed by atoms with Crippen LogP contribution in [0.1, 0.15) is 19.2 Å². The number of rotatable bonds is 7. The summed E-state index contributed by atoms with van der Waals surface area (Å²) < 4.78 is 28.3. The van der Waals surface area contributed by atoms with E-state index in [0.29, 0.717) is 30.5 Å². The van der Waals surface area contributed by atoms with Gasteiger partial charge in [-0.3, -0.25) is 4.79 Å². The molecule has 0 bridgehead atoms. The normalized spacial score (nSPS) is 21.4. The van der Waals surface area contributed by atoms with Gasteiger partial charge in [0.1, 0.15) is 0 Å². The van der Waals surface area contributed by atoms with Gasteiger partial charge in [-0.1, -0.05) is 17.8 Å². The van der Waals surface area contributed by atoms with Crippen LogP contribution < -0.4 is 5.32 Å². The van der Waals surface area contributed by atoms with Gasteiger partial charge in [-0.05, 0) is 19.3 Å². The second-order valence-electron chi connectivity index (χ2n) is 5.23. The number of amides is 1. The third kappa shape index (κ3) is 4.84. The van der Waals surface area contributed by atoms with Gasteiger partial charge in [-0.25, -0.2) is 8.42 Å². The van der Waals surface area contributed by atoms with Crippen LogP contribution in [0.15, 0.2) is 22.3 Å². The molecule has 122 valence electrons. The van der Waals surface area contributed by atoms with E-state index in [4.69, 9.17) is 4.42 Å². The average molecular weight is 345 g/mol. The Balaban J connectivity index is 1.86. The molecule has 1 amide bonds. The lowest BCUT2D eigenvalue weighted by Gasteiger charge is -2.07. The number of nitrogens with zero attached hydrogens (tertiary/aromatic N) is 2. The molecule has 7 nitrogen and oxygen atoms in total. The molecule has 0 aliphatic carbocycles. The molecule has 0 radical (unpaired) electrons. The first-order valence-electron chi connectivity index (χ1n) is 6.97. The van der Waals surface area contributed by atoms with Crippen LogP contribution in [0.2, 0.25) is 0 Å². The lowest BCUT2D eigenvalue weighted by atomic mass is 10.1. The lowest BCUT2D eigenvalue weighted by Crippen LogP contribution is -2.30. The fourth-order valence-electron chi connectivity index (χ4n) is 2.17. The van der Waals surface area contributed by atoms with Gasteiger partial charge in [-0.15, -0.1) is 16.8 Å². The minimum Gasteiger partial charge on any atom is -0.416 e. The van der Waals surface area contributed by atoms with Crippen molar-refractivity contribution in [3.8, 4) is 0 Å². The Bertz CT molecular complexity index is 641. The number of aromatic nitrogens is 2. The van der Waals surface area contributed by atoms with Gasteiger partial charge >= 0.3 is 0 Å². The highest BCUT2D eigenvalue weighted by atomic mass is 32.2. The van der Waals surface area contributed by atoms with Crippen LogP contribution in [0.3, 0.4) is 0 Å². The van der Waals surface area contributed by atoms with E-state index in [2.05, 4.69) is 22.1 Å². The van der Waals surface area contributed by atoms with Crippen LogP contribution >= 0.6 is 11.8 Å². The van der Waals surface area contributed by atoms with E-state index in [1.54, 1.807) is 13.0 Å². The van der Waals surface area contributed by atoms with Gasteiger partial charge in [-0.2, -0.15) is 0 Å². The van der Waals surface area contributed by atoms with Crippen molar-refractivity contribution in [2.24, 2.45) is 5.92 Å². The van der Waals surface area contributed by atoms with Gasteiger partial charge in [0, 0.05) is 13.0 Å². The van der Waals surface area contributed by atoms with Crippen LogP contribution in [0.25, 0.3) is 0 Å². The Kier molecular flexibility index (Phi) is 5.63. The Morgan fingerprint density at radius 1 is 1.59 bits per heavy atom. The Morgan fingerprint density at radius 2 is 2.36 bits per heavy atom. The van der Waals surface area contributed by atoms with E-state index in [1.165, 1.54) is 11.8 Å². The van der Waals surface area contributed by atoms with E-state index in [-0.39, 0.29) is 28.6 Å². The van der Waals surface area contributed by atoms with Crippen molar-refractivity contribution < 1.29 is 17.6 Å². The number of hydrogen-bond donors (Lipinski definition) is 1. The zero-order valence-electron chi connectivity index (χ0n) is 12.3. The third-order valence-corrected chi connectivity index (χ3v) is 6.08. The number of thioether (sulfide) groups is 1. The summed E-state index contributed by atoms with van der Waals surface area (Å²) >= 11 is 1.18. The van der Waals surface area contributed by atoms with Crippen molar-refractivity contribution in [1.82, 2.24) is 15.5 Å². The molecular formula is C13H19N3O4S2. The summed E-state index contributed by atoms with van der Waals surface area (Å²) in [5.74, 6) is 0.734. The predicted octanol–water partition coefficient (Wildman–Crippen LogP) is 0.830. The fraction of sp³-hybridized carbons (Fsp3) is 0.615. The standard InChI is InChI=1S/C13H19N3O4S2/c1-3-5-14-12(17)9(2)21-13-16-15-11(20-13)7-10-4-6-22(18,19)8-10/h3,9-10H,1,4-8H2,2H3,(H,14,17)/t9-,10+/m1/s1. The third-order valence-electron chi connectivity index (χ3n) is 3.31. The highest BCUT2D eigenvalue weighted by molar-refractivity contribution is 8.00. The van der Waals surface area contributed by atoms with Gasteiger partial charge in [0.05, 0.1) is 16.8 Å². The van der Waals surface area contributed by atoms with Gasteiger partial charge < -0.3 is 9.73 Å². The number of nitrogens with one attached hydrogen (secondary N) is 1. The zero-order chi connectivity index (χ0) is 16.2. The first kappa shape index (κ1) is 17.0. The Morgan fingerprint density at radius 3 is 3.00 bits per heavy atom. The highest BCUT2D eigenvalue weighted by Crippen LogP contribution is 2.25. The first-order chi connectivity index (χ1) is 10.4. The van der Waals surface area contributed by atoms with Crippen LogP contribution in [-0.2, 0) is 21.1 Å². The minimum atomic E-state index is -2.90. The molecule has 1 aliphatic heterocycles. The van der Waals surface area contributed by atoms with E-state index >= 15 is 0 Å². The van der Waals surface area contributed by atoms with E-state index in [9.17, 15) is 13.2 Å². The SMILES string of the molecule is C=CCNC(=O)[C@@H](C)Sc1nnc(C[C@@H]2CCS(=O)(=O)C2)o1. The number of carbonyl (C=O) groups is 1. The summed E-state index contributed by atoms with van der Waals surface area (Å²) in [4.78, 5) is 11.7. The highest BCUT2D eigenvalue weighted by Gasteiger charge is 2.29.